The summed E-state index contributed by atoms with van der Waals surface area (Å²) in [5.74, 6) is 0. The third-order valence-electron chi connectivity index (χ3n) is 1.91. The molecule has 1 aromatic rings. The first-order valence-corrected chi connectivity index (χ1v) is 3.94. The Morgan fingerprint density at radius 3 is 3.00 bits per heavy atom. The molecule has 2 nitrogen and oxygen atoms in total. The molecule has 12 heavy (non-hydrogen) atoms. The Morgan fingerprint density at radius 2 is 2.08 bits per heavy atom. The molecule has 2 heteroatoms. The van der Waals surface area contributed by atoms with Crippen LogP contribution < -0.4 is 16.3 Å². The number of rotatable bonds is 0. The second-order valence-electron chi connectivity index (χ2n) is 2.76. The molecule has 0 fully saturated rings. The van der Waals surface area contributed by atoms with Crippen molar-refractivity contribution in [3.63, 3.8) is 0 Å². The highest BCUT2D eigenvalue weighted by Gasteiger charge is 1.94. The van der Waals surface area contributed by atoms with Crippen LogP contribution in [-0.4, -0.2) is 0 Å². The average Bonchev–Trinajstić information content (AvgIpc) is 2.29. The molecule has 2 N–H and O–H groups in total. The van der Waals surface area contributed by atoms with Gasteiger partial charge in [-0.1, -0.05) is 24.3 Å². The van der Waals surface area contributed by atoms with Gasteiger partial charge in [-0.25, -0.2) is 0 Å². The minimum Gasteiger partial charge on any atom is -0.401 e. The minimum absolute atomic E-state index is 0.792. The number of nitrogens with zero attached hydrogens (tertiary/aromatic N) is 1. The molecule has 1 aliphatic rings. The molecule has 0 atom stereocenters. The Balaban J connectivity index is 2.88. The second-order valence-corrected chi connectivity index (χ2v) is 2.76. The van der Waals surface area contributed by atoms with Crippen molar-refractivity contribution in [3.05, 3.63) is 47.1 Å². The summed E-state index contributed by atoms with van der Waals surface area (Å²) >= 11 is 0. The van der Waals surface area contributed by atoms with Gasteiger partial charge in [0.2, 0.25) is 0 Å². The van der Waals surface area contributed by atoms with Crippen LogP contribution in [0.3, 0.4) is 0 Å². The molecule has 0 spiro atoms. The van der Waals surface area contributed by atoms with Gasteiger partial charge in [-0.3, -0.25) is 4.99 Å². The molecular formula is C10H10N2. The third kappa shape index (κ3) is 1.11. The predicted molar refractivity (Wildman–Crippen MR) is 48.6 cm³/mol. The Bertz CT molecular complexity index is 429. The SMILES string of the molecule is NC1=c2ccccc2=NC=CC1. The maximum absolute atomic E-state index is 5.85. The smallest absolute Gasteiger partial charge is 0.0719 e. The van der Waals surface area contributed by atoms with E-state index in [9.17, 15) is 0 Å². The van der Waals surface area contributed by atoms with Crippen LogP contribution in [0.2, 0.25) is 0 Å². The first kappa shape index (κ1) is 7.10. The molecular weight excluding hydrogens is 148 g/mol. The zero-order chi connectivity index (χ0) is 8.39. The molecule has 1 aliphatic heterocycles. The summed E-state index contributed by atoms with van der Waals surface area (Å²) in [5, 5.41) is 2.02. The van der Waals surface area contributed by atoms with E-state index in [1.807, 2.05) is 30.3 Å². The van der Waals surface area contributed by atoms with Crippen LogP contribution in [0.15, 0.2) is 41.5 Å². The lowest BCUT2D eigenvalue weighted by atomic mass is 10.2. The lowest BCUT2D eigenvalue weighted by Crippen LogP contribution is -2.28. The highest BCUT2D eigenvalue weighted by atomic mass is 14.7. The molecule has 60 valence electrons. The molecule has 0 saturated carbocycles. The van der Waals surface area contributed by atoms with Crippen molar-refractivity contribution in [2.45, 2.75) is 6.42 Å². The summed E-state index contributed by atoms with van der Waals surface area (Å²) in [6.45, 7) is 0. The number of hydrogen-bond donors (Lipinski definition) is 1. The van der Waals surface area contributed by atoms with Gasteiger partial charge in [0.15, 0.2) is 0 Å². The zero-order valence-electron chi connectivity index (χ0n) is 6.70. The quantitative estimate of drug-likeness (QED) is 0.579. The first-order valence-electron chi connectivity index (χ1n) is 3.94. The Labute approximate surface area is 70.7 Å². The molecule has 1 aromatic carbocycles. The second kappa shape index (κ2) is 2.81. The topological polar surface area (TPSA) is 38.4 Å². The molecule has 0 radical (unpaired) electrons. The number of para-hydroxylation sites is 1. The van der Waals surface area contributed by atoms with Crippen molar-refractivity contribution in [2.75, 3.05) is 0 Å². The first-order chi connectivity index (χ1) is 5.88. The van der Waals surface area contributed by atoms with E-state index in [1.165, 1.54) is 0 Å². The van der Waals surface area contributed by atoms with Gasteiger partial charge in [-0.2, -0.15) is 0 Å². The van der Waals surface area contributed by atoms with Crippen LogP contribution in [0.5, 0.6) is 0 Å². The van der Waals surface area contributed by atoms with Gasteiger partial charge in [0.05, 0.1) is 5.36 Å². The maximum Gasteiger partial charge on any atom is 0.0719 e. The molecule has 0 amide bonds. The summed E-state index contributed by atoms with van der Waals surface area (Å²) in [5.41, 5.74) is 6.74. The summed E-state index contributed by atoms with van der Waals surface area (Å²) in [6, 6.07) is 7.92. The van der Waals surface area contributed by atoms with Gasteiger partial charge in [0.1, 0.15) is 0 Å². The number of benzene rings is 1. The highest BCUT2D eigenvalue weighted by Crippen LogP contribution is 1.94. The Hall–Kier alpha value is -1.57. The van der Waals surface area contributed by atoms with Crippen molar-refractivity contribution < 1.29 is 0 Å². The summed E-state index contributed by atoms with van der Waals surface area (Å²) < 4.78 is 0. The molecule has 0 bridgehead atoms. The van der Waals surface area contributed by atoms with E-state index in [0.717, 1.165) is 22.7 Å². The van der Waals surface area contributed by atoms with Crippen molar-refractivity contribution >= 4 is 5.70 Å². The van der Waals surface area contributed by atoms with E-state index >= 15 is 0 Å². The van der Waals surface area contributed by atoms with Gasteiger partial charge >= 0.3 is 0 Å². The zero-order valence-corrected chi connectivity index (χ0v) is 6.70. The van der Waals surface area contributed by atoms with E-state index in [4.69, 9.17) is 5.73 Å². The number of fused-ring (bicyclic) bond motifs is 1. The molecule has 0 unspecified atom stereocenters. The van der Waals surface area contributed by atoms with Crippen LogP contribution in [0, 0.1) is 0 Å². The normalized spacial score (nSPS) is 14.8. The monoisotopic (exact) mass is 158 g/mol. The fraction of sp³-hybridized carbons (Fsp3) is 0.100. The van der Waals surface area contributed by atoms with Gasteiger partial charge in [0, 0.05) is 23.5 Å². The van der Waals surface area contributed by atoms with Crippen molar-refractivity contribution in [1.29, 1.82) is 0 Å². The summed E-state index contributed by atoms with van der Waals surface area (Å²) in [7, 11) is 0. The Morgan fingerprint density at radius 1 is 1.25 bits per heavy atom. The van der Waals surface area contributed by atoms with Gasteiger partial charge in [-0.05, 0) is 6.07 Å². The number of hydrogen-bond acceptors (Lipinski definition) is 2. The van der Waals surface area contributed by atoms with E-state index in [2.05, 4.69) is 4.99 Å². The van der Waals surface area contributed by atoms with Crippen LogP contribution in [0.4, 0.5) is 0 Å². The predicted octanol–water partition coefficient (Wildman–Crippen LogP) is 0.290. The standard InChI is InChI=1S/C10H10N2/c11-9-5-3-7-12-10-6-2-1-4-8(9)10/h1-4,6-7H,5,11H2. The third-order valence-corrected chi connectivity index (χ3v) is 1.91. The van der Waals surface area contributed by atoms with Crippen molar-refractivity contribution in [2.24, 2.45) is 10.7 Å². The minimum atomic E-state index is 0.792. The summed E-state index contributed by atoms with van der Waals surface area (Å²) in [4.78, 5) is 4.26. The van der Waals surface area contributed by atoms with Crippen LogP contribution in [-0.2, 0) is 0 Å². The molecule has 1 heterocycles. The van der Waals surface area contributed by atoms with Crippen LogP contribution >= 0.6 is 0 Å². The van der Waals surface area contributed by atoms with Gasteiger partial charge in [0.25, 0.3) is 0 Å². The van der Waals surface area contributed by atoms with E-state index in [-0.39, 0.29) is 0 Å². The Kier molecular flexibility index (Phi) is 1.67. The van der Waals surface area contributed by atoms with Gasteiger partial charge in [-0.15, -0.1) is 0 Å². The number of nitrogens with two attached hydrogens (primary N) is 1. The summed E-state index contributed by atoms with van der Waals surface area (Å²) in [6.07, 6.45) is 4.56. The lowest BCUT2D eigenvalue weighted by Gasteiger charge is -1.93. The van der Waals surface area contributed by atoms with E-state index in [1.54, 1.807) is 6.20 Å². The molecule has 0 aromatic heterocycles. The van der Waals surface area contributed by atoms with Crippen LogP contribution in [0.1, 0.15) is 6.42 Å². The molecule has 2 rings (SSSR count). The maximum atomic E-state index is 5.85. The van der Waals surface area contributed by atoms with Crippen molar-refractivity contribution in [3.8, 4) is 0 Å². The largest absolute Gasteiger partial charge is 0.401 e. The van der Waals surface area contributed by atoms with E-state index < -0.39 is 0 Å². The molecule has 0 aliphatic carbocycles. The average molecular weight is 158 g/mol. The highest BCUT2D eigenvalue weighted by molar-refractivity contribution is 5.42. The van der Waals surface area contributed by atoms with Gasteiger partial charge < -0.3 is 5.73 Å². The fourth-order valence-electron chi connectivity index (χ4n) is 1.28. The fourth-order valence-corrected chi connectivity index (χ4v) is 1.28. The van der Waals surface area contributed by atoms with Crippen LogP contribution in [0.25, 0.3) is 5.70 Å². The van der Waals surface area contributed by atoms with Crippen molar-refractivity contribution in [1.82, 2.24) is 0 Å². The molecule has 0 saturated heterocycles. The lowest BCUT2D eigenvalue weighted by molar-refractivity contribution is 1.28. The van der Waals surface area contributed by atoms with E-state index in [0.29, 0.717) is 0 Å².